The van der Waals surface area contributed by atoms with Gasteiger partial charge in [0.15, 0.2) is 0 Å². The van der Waals surface area contributed by atoms with Crippen LogP contribution in [0, 0.1) is 0 Å². The molecule has 2 rings (SSSR count). The van der Waals surface area contributed by atoms with Crippen molar-refractivity contribution < 1.29 is 0 Å². The van der Waals surface area contributed by atoms with Gasteiger partial charge in [-0.2, -0.15) is 0 Å². The molecule has 1 aromatic heterocycles. The first-order valence-electron chi connectivity index (χ1n) is 4.23. The monoisotopic (exact) mass is 147 g/mol. The van der Waals surface area contributed by atoms with Gasteiger partial charge in [0, 0.05) is 12.4 Å². The van der Waals surface area contributed by atoms with E-state index in [1.165, 1.54) is 17.5 Å². The van der Waals surface area contributed by atoms with E-state index in [-0.39, 0.29) is 0 Å². The van der Waals surface area contributed by atoms with Crippen LogP contribution in [0.3, 0.4) is 0 Å². The lowest BCUT2D eigenvalue weighted by molar-refractivity contribution is 0.661. The second kappa shape index (κ2) is 2.33. The van der Waals surface area contributed by atoms with E-state index in [9.17, 15) is 0 Å². The molecule has 0 aliphatic heterocycles. The van der Waals surface area contributed by atoms with Gasteiger partial charge in [-0.1, -0.05) is 13.8 Å². The molecule has 1 nitrogen and oxygen atoms in total. The molecule has 1 aliphatic rings. The summed E-state index contributed by atoms with van der Waals surface area (Å²) in [6.45, 7) is 4.58. The minimum absolute atomic E-state index is 0.716. The maximum Gasteiger partial charge on any atom is 0.0305 e. The quantitative estimate of drug-likeness (QED) is 0.549. The fourth-order valence-corrected chi connectivity index (χ4v) is 2.06. The highest BCUT2D eigenvalue weighted by Gasteiger charge is 2.24. The van der Waals surface area contributed by atoms with Crippen molar-refractivity contribution in [2.45, 2.75) is 32.1 Å². The van der Waals surface area contributed by atoms with Crippen molar-refractivity contribution in [3.05, 3.63) is 29.6 Å². The Morgan fingerprint density at radius 2 is 2.00 bits per heavy atom. The molecule has 0 saturated carbocycles. The standard InChI is InChI=1S/C10H13N/c1-7-5-8(2)10-6-11-4-3-9(7)10/h3-4,6-8H,5H2,1-2H3/t7-,8+/m0/s1. The smallest absolute Gasteiger partial charge is 0.0305 e. The van der Waals surface area contributed by atoms with Crippen LogP contribution in [0.25, 0.3) is 0 Å². The first-order chi connectivity index (χ1) is 5.29. The summed E-state index contributed by atoms with van der Waals surface area (Å²) in [6.07, 6.45) is 5.21. The van der Waals surface area contributed by atoms with Crippen LogP contribution in [0.4, 0.5) is 0 Å². The molecule has 0 amide bonds. The third-order valence-corrected chi connectivity index (χ3v) is 2.66. The molecule has 0 N–H and O–H groups in total. The Balaban J connectivity index is 2.52. The van der Waals surface area contributed by atoms with Crippen LogP contribution in [-0.2, 0) is 0 Å². The Bertz CT molecular complexity index is 240. The van der Waals surface area contributed by atoms with Gasteiger partial charge in [-0.15, -0.1) is 0 Å². The van der Waals surface area contributed by atoms with Crippen LogP contribution >= 0.6 is 0 Å². The van der Waals surface area contributed by atoms with E-state index in [0.717, 1.165) is 5.92 Å². The lowest BCUT2D eigenvalue weighted by Gasteiger charge is -2.01. The van der Waals surface area contributed by atoms with Gasteiger partial charge in [-0.05, 0) is 35.4 Å². The van der Waals surface area contributed by atoms with Crippen molar-refractivity contribution in [3.63, 3.8) is 0 Å². The molecule has 0 saturated heterocycles. The van der Waals surface area contributed by atoms with E-state index in [1.807, 2.05) is 12.4 Å². The zero-order valence-corrected chi connectivity index (χ0v) is 7.04. The van der Waals surface area contributed by atoms with Crippen molar-refractivity contribution in [2.75, 3.05) is 0 Å². The molecule has 0 bridgehead atoms. The Hall–Kier alpha value is -0.850. The second-order valence-electron chi connectivity index (χ2n) is 3.54. The molecule has 0 unspecified atom stereocenters. The predicted octanol–water partition coefficient (Wildman–Crippen LogP) is 2.69. The van der Waals surface area contributed by atoms with Crippen LogP contribution in [0.2, 0.25) is 0 Å². The second-order valence-corrected chi connectivity index (χ2v) is 3.54. The van der Waals surface area contributed by atoms with Crippen LogP contribution in [0.5, 0.6) is 0 Å². The molecule has 0 fully saturated rings. The Kier molecular flexibility index (Phi) is 1.45. The summed E-state index contributed by atoms with van der Waals surface area (Å²) in [5.74, 6) is 1.46. The molecule has 58 valence electrons. The summed E-state index contributed by atoms with van der Waals surface area (Å²) in [5.41, 5.74) is 2.97. The number of rotatable bonds is 0. The summed E-state index contributed by atoms with van der Waals surface area (Å²) >= 11 is 0. The van der Waals surface area contributed by atoms with E-state index in [0.29, 0.717) is 5.92 Å². The normalized spacial score (nSPS) is 28.5. The number of aromatic nitrogens is 1. The molecule has 11 heavy (non-hydrogen) atoms. The summed E-state index contributed by atoms with van der Waals surface area (Å²) in [7, 11) is 0. The Morgan fingerprint density at radius 3 is 2.73 bits per heavy atom. The molecular weight excluding hydrogens is 134 g/mol. The number of pyridine rings is 1. The van der Waals surface area contributed by atoms with Crippen LogP contribution < -0.4 is 0 Å². The molecule has 1 aliphatic carbocycles. The first kappa shape index (κ1) is 6.84. The number of fused-ring (bicyclic) bond motifs is 1. The lowest BCUT2D eigenvalue weighted by Crippen LogP contribution is -1.86. The Morgan fingerprint density at radius 1 is 1.27 bits per heavy atom. The van der Waals surface area contributed by atoms with E-state index >= 15 is 0 Å². The van der Waals surface area contributed by atoms with E-state index in [4.69, 9.17) is 0 Å². The summed E-state index contributed by atoms with van der Waals surface area (Å²) in [4.78, 5) is 4.14. The fourth-order valence-electron chi connectivity index (χ4n) is 2.06. The third kappa shape index (κ3) is 0.953. The average molecular weight is 147 g/mol. The lowest BCUT2D eigenvalue weighted by atomic mass is 10.1. The van der Waals surface area contributed by atoms with E-state index in [1.54, 1.807) is 0 Å². The molecule has 0 radical (unpaired) electrons. The van der Waals surface area contributed by atoms with Crippen molar-refractivity contribution >= 4 is 0 Å². The topological polar surface area (TPSA) is 12.9 Å². The largest absolute Gasteiger partial charge is 0.264 e. The van der Waals surface area contributed by atoms with Gasteiger partial charge in [0.05, 0.1) is 0 Å². The molecule has 0 aromatic carbocycles. The highest BCUT2D eigenvalue weighted by atomic mass is 14.6. The van der Waals surface area contributed by atoms with Crippen LogP contribution in [0.15, 0.2) is 18.5 Å². The summed E-state index contributed by atoms with van der Waals surface area (Å²) < 4.78 is 0. The zero-order chi connectivity index (χ0) is 7.84. The summed E-state index contributed by atoms with van der Waals surface area (Å²) in [6, 6.07) is 2.16. The molecule has 2 atom stereocenters. The van der Waals surface area contributed by atoms with Crippen LogP contribution in [0.1, 0.15) is 43.2 Å². The average Bonchev–Trinajstić information content (AvgIpc) is 2.30. The molecule has 1 heteroatoms. The van der Waals surface area contributed by atoms with E-state index in [2.05, 4.69) is 24.9 Å². The van der Waals surface area contributed by atoms with E-state index < -0.39 is 0 Å². The first-order valence-corrected chi connectivity index (χ1v) is 4.23. The van der Waals surface area contributed by atoms with Gasteiger partial charge in [0.25, 0.3) is 0 Å². The van der Waals surface area contributed by atoms with Gasteiger partial charge in [-0.25, -0.2) is 0 Å². The fraction of sp³-hybridized carbons (Fsp3) is 0.500. The third-order valence-electron chi connectivity index (χ3n) is 2.66. The van der Waals surface area contributed by atoms with Crippen molar-refractivity contribution in [2.24, 2.45) is 0 Å². The van der Waals surface area contributed by atoms with Gasteiger partial charge >= 0.3 is 0 Å². The number of hydrogen-bond acceptors (Lipinski definition) is 1. The maximum atomic E-state index is 4.14. The maximum absolute atomic E-state index is 4.14. The van der Waals surface area contributed by atoms with Crippen molar-refractivity contribution in [3.8, 4) is 0 Å². The molecule has 0 spiro atoms. The molecular formula is C10H13N. The van der Waals surface area contributed by atoms with Crippen molar-refractivity contribution in [1.82, 2.24) is 4.98 Å². The molecule has 1 aromatic rings. The molecule has 1 heterocycles. The predicted molar refractivity (Wildman–Crippen MR) is 45.7 cm³/mol. The van der Waals surface area contributed by atoms with Crippen LogP contribution in [-0.4, -0.2) is 4.98 Å². The van der Waals surface area contributed by atoms with Gasteiger partial charge < -0.3 is 0 Å². The zero-order valence-electron chi connectivity index (χ0n) is 7.04. The van der Waals surface area contributed by atoms with Gasteiger partial charge in [0.1, 0.15) is 0 Å². The van der Waals surface area contributed by atoms with Gasteiger partial charge in [0.2, 0.25) is 0 Å². The highest BCUT2D eigenvalue weighted by Crippen LogP contribution is 2.39. The minimum Gasteiger partial charge on any atom is -0.264 e. The van der Waals surface area contributed by atoms with Gasteiger partial charge in [-0.3, -0.25) is 4.98 Å². The number of nitrogens with zero attached hydrogens (tertiary/aromatic N) is 1. The number of hydrogen-bond donors (Lipinski definition) is 0. The SMILES string of the molecule is C[C@@H]1C[C@H](C)c2ccncc21. The highest BCUT2D eigenvalue weighted by molar-refractivity contribution is 5.34. The van der Waals surface area contributed by atoms with Crippen molar-refractivity contribution in [1.29, 1.82) is 0 Å². The minimum atomic E-state index is 0.716. The Labute approximate surface area is 67.5 Å². The summed E-state index contributed by atoms with van der Waals surface area (Å²) in [5, 5.41) is 0.